The first-order chi connectivity index (χ1) is 13.9. The lowest BCUT2D eigenvalue weighted by Gasteiger charge is -2.21. The zero-order chi connectivity index (χ0) is 21.4. The van der Waals surface area contributed by atoms with Gasteiger partial charge in [-0.25, -0.2) is 13.1 Å². The fourth-order valence-corrected chi connectivity index (χ4v) is 4.33. The Hall–Kier alpha value is -2.40. The summed E-state index contributed by atoms with van der Waals surface area (Å²) in [6, 6.07) is 13.8. The SMILES string of the molecule is CCOCCNS(=O)(=O)/C(C#N)=C(\C)c1ccc2cc(N(CC)CC)ccc2c1. The van der Waals surface area contributed by atoms with Gasteiger partial charge in [-0.3, -0.25) is 0 Å². The fourth-order valence-electron chi connectivity index (χ4n) is 3.19. The molecule has 0 aliphatic rings. The summed E-state index contributed by atoms with van der Waals surface area (Å²) in [6.45, 7) is 10.5. The van der Waals surface area contributed by atoms with E-state index in [-0.39, 0.29) is 18.1 Å². The molecule has 2 aromatic carbocycles. The van der Waals surface area contributed by atoms with E-state index in [2.05, 4.69) is 35.6 Å². The topological polar surface area (TPSA) is 82.4 Å². The molecule has 0 bridgehead atoms. The first-order valence-corrected chi connectivity index (χ1v) is 11.3. The number of nitriles is 1. The van der Waals surface area contributed by atoms with Crippen LogP contribution in [0, 0.1) is 11.3 Å². The maximum atomic E-state index is 12.5. The van der Waals surface area contributed by atoms with Crippen LogP contribution in [0.25, 0.3) is 16.3 Å². The highest BCUT2D eigenvalue weighted by molar-refractivity contribution is 7.93. The van der Waals surface area contributed by atoms with Gasteiger partial charge in [0.15, 0.2) is 4.91 Å². The molecule has 0 spiro atoms. The molecule has 7 heteroatoms. The summed E-state index contributed by atoms with van der Waals surface area (Å²) in [6.07, 6.45) is 0. The molecule has 0 saturated carbocycles. The molecular weight excluding hydrogens is 386 g/mol. The van der Waals surface area contributed by atoms with Gasteiger partial charge in [-0.2, -0.15) is 5.26 Å². The number of sulfonamides is 1. The average Bonchev–Trinajstić information content (AvgIpc) is 2.72. The van der Waals surface area contributed by atoms with Gasteiger partial charge in [0, 0.05) is 31.9 Å². The number of hydrogen-bond acceptors (Lipinski definition) is 5. The van der Waals surface area contributed by atoms with Crippen LogP contribution in [0.1, 0.15) is 33.3 Å². The van der Waals surface area contributed by atoms with Gasteiger partial charge < -0.3 is 9.64 Å². The van der Waals surface area contributed by atoms with Crippen molar-refractivity contribution in [2.75, 3.05) is 37.7 Å². The van der Waals surface area contributed by atoms with Gasteiger partial charge in [0.1, 0.15) is 6.07 Å². The first kappa shape index (κ1) is 22.9. The third-order valence-corrected chi connectivity index (χ3v) is 6.36. The van der Waals surface area contributed by atoms with E-state index in [0.717, 1.165) is 29.5 Å². The zero-order valence-electron chi connectivity index (χ0n) is 17.5. The number of benzene rings is 2. The summed E-state index contributed by atoms with van der Waals surface area (Å²) >= 11 is 0. The predicted octanol–water partition coefficient (Wildman–Crippen LogP) is 3.90. The molecule has 156 valence electrons. The third-order valence-electron chi connectivity index (χ3n) is 4.84. The van der Waals surface area contributed by atoms with E-state index >= 15 is 0 Å². The minimum atomic E-state index is -3.90. The van der Waals surface area contributed by atoms with Crippen LogP contribution in [-0.2, 0) is 14.8 Å². The largest absolute Gasteiger partial charge is 0.380 e. The van der Waals surface area contributed by atoms with Gasteiger partial charge in [0.25, 0.3) is 10.0 Å². The van der Waals surface area contributed by atoms with Crippen LogP contribution in [0.3, 0.4) is 0 Å². The van der Waals surface area contributed by atoms with Crippen LogP contribution in [0.2, 0.25) is 0 Å². The standard InChI is InChI=1S/C22H29N3O3S/c1-5-25(6-2)21-11-10-19-14-18(8-9-20(19)15-21)17(4)22(16-23)29(26,27)24-12-13-28-7-3/h8-11,14-15,24H,5-7,12-13H2,1-4H3/b22-17+. The molecule has 1 N–H and O–H groups in total. The summed E-state index contributed by atoms with van der Waals surface area (Å²) in [7, 11) is -3.90. The van der Waals surface area contributed by atoms with Crippen molar-refractivity contribution in [1.82, 2.24) is 4.72 Å². The van der Waals surface area contributed by atoms with Crippen molar-refractivity contribution >= 4 is 32.1 Å². The monoisotopic (exact) mass is 415 g/mol. The first-order valence-electron chi connectivity index (χ1n) is 9.85. The molecule has 0 aromatic heterocycles. The van der Waals surface area contributed by atoms with Gasteiger partial charge in [-0.05, 0) is 67.8 Å². The van der Waals surface area contributed by atoms with E-state index in [1.165, 1.54) is 0 Å². The quantitative estimate of drug-likeness (QED) is 0.470. The number of ether oxygens (including phenoxy) is 1. The van der Waals surface area contributed by atoms with Crippen molar-refractivity contribution < 1.29 is 13.2 Å². The van der Waals surface area contributed by atoms with Crippen molar-refractivity contribution in [3.05, 3.63) is 46.9 Å². The maximum absolute atomic E-state index is 12.5. The molecule has 0 unspecified atom stereocenters. The van der Waals surface area contributed by atoms with E-state index in [1.807, 2.05) is 37.3 Å². The Bertz CT molecular complexity index is 1020. The molecule has 0 aliphatic carbocycles. The maximum Gasteiger partial charge on any atom is 0.251 e. The predicted molar refractivity (Wildman–Crippen MR) is 119 cm³/mol. The molecule has 6 nitrogen and oxygen atoms in total. The minimum absolute atomic E-state index is 0.125. The molecule has 2 aromatic rings. The van der Waals surface area contributed by atoms with E-state index < -0.39 is 10.0 Å². The van der Waals surface area contributed by atoms with Gasteiger partial charge in [0.05, 0.1) is 6.61 Å². The van der Waals surface area contributed by atoms with Gasteiger partial charge >= 0.3 is 0 Å². The Labute approximate surface area is 173 Å². The third kappa shape index (κ3) is 5.57. The van der Waals surface area contributed by atoms with Crippen LogP contribution in [0.15, 0.2) is 41.3 Å². The van der Waals surface area contributed by atoms with Crippen molar-refractivity contribution in [1.29, 1.82) is 5.26 Å². The number of fused-ring (bicyclic) bond motifs is 1. The van der Waals surface area contributed by atoms with Gasteiger partial charge in [-0.15, -0.1) is 0 Å². The Kier molecular flexibility index (Phi) is 8.21. The van der Waals surface area contributed by atoms with E-state index in [9.17, 15) is 13.7 Å². The molecule has 2 rings (SSSR count). The second-order valence-corrected chi connectivity index (χ2v) is 8.28. The fraction of sp³-hybridized carbons (Fsp3) is 0.409. The molecule has 0 radical (unpaired) electrons. The molecule has 0 heterocycles. The Morgan fingerprint density at radius 2 is 1.76 bits per heavy atom. The lowest BCUT2D eigenvalue weighted by molar-refractivity contribution is 0.153. The van der Waals surface area contributed by atoms with E-state index in [4.69, 9.17) is 4.74 Å². The zero-order valence-corrected chi connectivity index (χ0v) is 18.3. The highest BCUT2D eigenvalue weighted by atomic mass is 32.2. The number of nitrogens with one attached hydrogen (secondary N) is 1. The normalized spacial score (nSPS) is 12.5. The molecule has 0 aliphatic heterocycles. The number of rotatable bonds is 10. The Morgan fingerprint density at radius 1 is 1.10 bits per heavy atom. The average molecular weight is 416 g/mol. The lowest BCUT2D eigenvalue weighted by Crippen LogP contribution is -2.28. The number of allylic oxidation sites excluding steroid dienone is 2. The van der Waals surface area contributed by atoms with E-state index in [0.29, 0.717) is 17.7 Å². The van der Waals surface area contributed by atoms with Crippen LogP contribution in [-0.4, -0.2) is 41.3 Å². The van der Waals surface area contributed by atoms with Crippen molar-refractivity contribution in [3.8, 4) is 6.07 Å². The number of nitrogens with zero attached hydrogens (tertiary/aromatic N) is 2. The van der Waals surface area contributed by atoms with Crippen LogP contribution in [0.5, 0.6) is 0 Å². The number of anilines is 1. The Morgan fingerprint density at radius 3 is 2.38 bits per heavy atom. The summed E-state index contributed by atoms with van der Waals surface area (Å²) in [5.74, 6) is 0. The number of hydrogen-bond donors (Lipinski definition) is 1. The molecular formula is C22H29N3O3S. The highest BCUT2D eigenvalue weighted by Crippen LogP contribution is 2.27. The van der Waals surface area contributed by atoms with Gasteiger partial charge in [0.2, 0.25) is 0 Å². The molecule has 0 atom stereocenters. The second-order valence-electron chi connectivity index (χ2n) is 6.58. The van der Waals surface area contributed by atoms with Crippen LogP contribution < -0.4 is 9.62 Å². The minimum Gasteiger partial charge on any atom is -0.380 e. The van der Waals surface area contributed by atoms with Crippen LogP contribution >= 0.6 is 0 Å². The molecule has 0 fully saturated rings. The smallest absolute Gasteiger partial charge is 0.251 e. The highest BCUT2D eigenvalue weighted by Gasteiger charge is 2.21. The van der Waals surface area contributed by atoms with Crippen molar-refractivity contribution in [2.45, 2.75) is 27.7 Å². The summed E-state index contributed by atoms with van der Waals surface area (Å²) in [5.41, 5.74) is 2.28. The molecule has 0 saturated heterocycles. The summed E-state index contributed by atoms with van der Waals surface area (Å²) in [4.78, 5) is 2.00. The summed E-state index contributed by atoms with van der Waals surface area (Å²) < 4.78 is 32.6. The van der Waals surface area contributed by atoms with E-state index in [1.54, 1.807) is 6.92 Å². The second kappa shape index (κ2) is 10.4. The molecule has 29 heavy (non-hydrogen) atoms. The van der Waals surface area contributed by atoms with Crippen molar-refractivity contribution in [2.24, 2.45) is 0 Å². The summed E-state index contributed by atoms with van der Waals surface area (Å²) in [5, 5.41) is 11.6. The Balaban J connectivity index is 2.38. The lowest BCUT2D eigenvalue weighted by atomic mass is 10.0. The van der Waals surface area contributed by atoms with Gasteiger partial charge in [-0.1, -0.05) is 18.2 Å². The van der Waals surface area contributed by atoms with Crippen LogP contribution in [0.4, 0.5) is 5.69 Å². The molecule has 0 amide bonds. The van der Waals surface area contributed by atoms with Crippen molar-refractivity contribution in [3.63, 3.8) is 0 Å².